The molecule has 1 aliphatic heterocycles. The normalized spacial score (nSPS) is 18.5. The third-order valence-electron chi connectivity index (χ3n) is 5.31. The highest BCUT2D eigenvalue weighted by Crippen LogP contribution is 2.23. The van der Waals surface area contributed by atoms with E-state index in [4.69, 9.17) is 4.74 Å². The van der Waals surface area contributed by atoms with Gasteiger partial charge in [-0.1, -0.05) is 12.5 Å². The molecule has 26 heavy (non-hydrogen) atoms. The Bertz CT molecular complexity index is 810. The van der Waals surface area contributed by atoms with Crippen LogP contribution >= 0.6 is 0 Å². The maximum absolute atomic E-state index is 12.2. The maximum atomic E-state index is 12.2. The quantitative estimate of drug-likeness (QED) is 0.914. The summed E-state index contributed by atoms with van der Waals surface area (Å²) in [6.45, 7) is 4.15. The lowest BCUT2D eigenvalue weighted by Gasteiger charge is -2.27. The average molecular weight is 354 g/mol. The molecule has 0 atom stereocenters. The fourth-order valence-corrected chi connectivity index (χ4v) is 3.93. The first-order chi connectivity index (χ1) is 12.7. The van der Waals surface area contributed by atoms with E-state index >= 15 is 0 Å². The van der Waals surface area contributed by atoms with E-state index in [9.17, 15) is 4.79 Å². The van der Waals surface area contributed by atoms with Crippen LogP contribution in [-0.2, 0) is 19.5 Å². The fourth-order valence-electron chi connectivity index (χ4n) is 3.93. The third-order valence-corrected chi connectivity index (χ3v) is 5.31. The summed E-state index contributed by atoms with van der Waals surface area (Å²) < 4.78 is 6.00. The first-order valence-corrected chi connectivity index (χ1v) is 9.60. The van der Waals surface area contributed by atoms with Crippen molar-refractivity contribution in [3.05, 3.63) is 51.3 Å². The van der Waals surface area contributed by atoms with Gasteiger partial charge in [-0.3, -0.25) is 9.69 Å². The van der Waals surface area contributed by atoms with Crippen molar-refractivity contribution < 1.29 is 4.74 Å². The Morgan fingerprint density at radius 1 is 1.27 bits per heavy atom. The lowest BCUT2D eigenvalue weighted by atomic mass is 9.98. The number of nitrogens with one attached hydrogen (secondary N) is 1. The van der Waals surface area contributed by atoms with Crippen molar-refractivity contribution in [2.45, 2.75) is 64.6 Å². The van der Waals surface area contributed by atoms with Crippen molar-refractivity contribution in [3.63, 3.8) is 0 Å². The van der Waals surface area contributed by atoms with Crippen LogP contribution in [0.1, 0.15) is 54.7 Å². The van der Waals surface area contributed by atoms with E-state index in [1.807, 2.05) is 19.2 Å². The third kappa shape index (κ3) is 3.96. The Balaban J connectivity index is 1.38. The van der Waals surface area contributed by atoms with Crippen LogP contribution in [0.3, 0.4) is 0 Å². The van der Waals surface area contributed by atoms with Gasteiger partial charge in [-0.05, 0) is 38.2 Å². The highest BCUT2D eigenvalue weighted by molar-refractivity contribution is 5.22. The van der Waals surface area contributed by atoms with E-state index in [1.165, 1.54) is 19.3 Å². The molecule has 1 fully saturated rings. The van der Waals surface area contributed by atoms with Gasteiger partial charge in [0.1, 0.15) is 11.9 Å². The second-order valence-corrected chi connectivity index (χ2v) is 7.42. The van der Waals surface area contributed by atoms with E-state index in [-0.39, 0.29) is 5.56 Å². The second-order valence-electron chi connectivity index (χ2n) is 7.42. The molecule has 0 radical (unpaired) electrons. The predicted molar refractivity (Wildman–Crippen MR) is 99.2 cm³/mol. The largest absolute Gasteiger partial charge is 0.474 e. The van der Waals surface area contributed by atoms with Gasteiger partial charge in [-0.25, -0.2) is 9.97 Å². The minimum atomic E-state index is -0.00782. The fraction of sp³-hybridized carbons (Fsp3) is 0.550. The van der Waals surface area contributed by atoms with Crippen molar-refractivity contribution in [1.82, 2.24) is 19.9 Å². The number of aromatic amines is 1. The van der Waals surface area contributed by atoms with Crippen molar-refractivity contribution in [3.8, 4) is 5.88 Å². The Kier molecular flexibility index (Phi) is 5.02. The summed E-state index contributed by atoms with van der Waals surface area (Å²) in [7, 11) is 0. The summed E-state index contributed by atoms with van der Waals surface area (Å²) in [5.74, 6) is 1.42. The first kappa shape index (κ1) is 17.2. The molecule has 1 N–H and O–H groups in total. The first-order valence-electron chi connectivity index (χ1n) is 9.60. The molecule has 0 amide bonds. The van der Waals surface area contributed by atoms with Crippen LogP contribution in [0.25, 0.3) is 0 Å². The zero-order valence-corrected chi connectivity index (χ0v) is 15.3. The molecule has 2 aromatic rings. The van der Waals surface area contributed by atoms with Crippen molar-refractivity contribution >= 4 is 0 Å². The van der Waals surface area contributed by atoms with Crippen LogP contribution in [0.4, 0.5) is 0 Å². The molecule has 4 rings (SSSR count). The highest BCUT2D eigenvalue weighted by Gasteiger charge is 2.21. The molecule has 3 heterocycles. The van der Waals surface area contributed by atoms with Crippen LogP contribution in [0.2, 0.25) is 0 Å². The number of H-pyrrole nitrogens is 1. The highest BCUT2D eigenvalue weighted by atomic mass is 16.5. The zero-order valence-electron chi connectivity index (χ0n) is 15.3. The summed E-state index contributed by atoms with van der Waals surface area (Å²) in [5.41, 5.74) is 2.87. The number of pyridine rings is 1. The predicted octanol–water partition coefficient (Wildman–Crippen LogP) is 2.74. The number of fused-ring (bicyclic) bond motifs is 1. The maximum Gasteiger partial charge on any atom is 0.255 e. The molecule has 2 aliphatic rings. The molecule has 0 spiro atoms. The SMILES string of the molecule is Cc1nc2c(c(=O)[nH]1)CN(Cc1ccc(OC3CCCCC3)nc1)CC2. The molecule has 0 saturated heterocycles. The molecule has 1 aliphatic carbocycles. The molecule has 6 nitrogen and oxygen atoms in total. The molecule has 0 aromatic carbocycles. The Labute approximate surface area is 153 Å². The standard InChI is InChI=1S/C20H26N4O2/c1-14-22-18-9-10-24(13-17(18)20(25)23-14)12-15-7-8-19(21-11-15)26-16-5-3-2-4-6-16/h7-8,11,16H,2-6,9-10,12-13H2,1H3,(H,22,23,25). The Morgan fingerprint density at radius 2 is 2.12 bits per heavy atom. The van der Waals surface area contributed by atoms with Crippen molar-refractivity contribution in [2.75, 3.05) is 6.54 Å². The van der Waals surface area contributed by atoms with Gasteiger partial charge in [-0.2, -0.15) is 0 Å². The van der Waals surface area contributed by atoms with Crippen LogP contribution in [0.15, 0.2) is 23.1 Å². The van der Waals surface area contributed by atoms with Crippen LogP contribution < -0.4 is 10.3 Å². The number of nitrogens with zero attached hydrogens (tertiary/aromatic N) is 3. The molecule has 138 valence electrons. The molecular weight excluding hydrogens is 328 g/mol. The van der Waals surface area contributed by atoms with E-state index in [2.05, 4.69) is 25.9 Å². The summed E-state index contributed by atoms with van der Waals surface area (Å²) >= 11 is 0. The summed E-state index contributed by atoms with van der Waals surface area (Å²) in [6.07, 6.45) is 9.14. The van der Waals surface area contributed by atoms with Gasteiger partial charge < -0.3 is 9.72 Å². The van der Waals surface area contributed by atoms with Crippen molar-refractivity contribution in [1.29, 1.82) is 0 Å². The van der Waals surface area contributed by atoms with Gasteiger partial charge in [-0.15, -0.1) is 0 Å². The minimum Gasteiger partial charge on any atom is -0.474 e. The second kappa shape index (κ2) is 7.58. The molecule has 6 heteroatoms. The molecule has 1 saturated carbocycles. The van der Waals surface area contributed by atoms with Crippen LogP contribution in [-0.4, -0.2) is 32.5 Å². The summed E-state index contributed by atoms with van der Waals surface area (Å²) in [4.78, 5) is 26.2. The van der Waals surface area contributed by atoms with E-state index in [0.29, 0.717) is 18.5 Å². The Hall–Kier alpha value is -2.21. The number of aromatic nitrogens is 3. The van der Waals surface area contributed by atoms with Gasteiger partial charge in [0.15, 0.2) is 0 Å². The van der Waals surface area contributed by atoms with Gasteiger partial charge in [0.2, 0.25) is 5.88 Å². The van der Waals surface area contributed by atoms with Gasteiger partial charge in [0.05, 0.1) is 11.3 Å². The van der Waals surface area contributed by atoms with Crippen LogP contribution in [0, 0.1) is 6.92 Å². The molecular formula is C20H26N4O2. The minimum absolute atomic E-state index is 0.00782. The number of aryl methyl sites for hydroxylation is 1. The molecule has 0 unspecified atom stereocenters. The molecule has 2 aromatic heterocycles. The van der Waals surface area contributed by atoms with E-state index in [1.54, 1.807) is 0 Å². The topological polar surface area (TPSA) is 71.1 Å². The van der Waals surface area contributed by atoms with Gasteiger partial charge >= 0.3 is 0 Å². The zero-order chi connectivity index (χ0) is 17.9. The van der Waals surface area contributed by atoms with Gasteiger partial charge in [0, 0.05) is 38.3 Å². The average Bonchev–Trinajstić information content (AvgIpc) is 2.65. The number of rotatable bonds is 4. The van der Waals surface area contributed by atoms with Crippen molar-refractivity contribution in [2.24, 2.45) is 0 Å². The summed E-state index contributed by atoms with van der Waals surface area (Å²) in [5, 5.41) is 0. The van der Waals surface area contributed by atoms with Gasteiger partial charge in [0.25, 0.3) is 5.56 Å². The van der Waals surface area contributed by atoms with Crippen LogP contribution in [0.5, 0.6) is 5.88 Å². The van der Waals surface area contributed by atoms with E-state index in [0.717, 1.165) is 55.1 Å². The smallest absolute Gasteiger partial charge is 0.255 e. The summed E-state index contributed by atoms with van der Waals surface area (Å²) in [6, 6.07) is 4.05. The van der Waals surface area contributed by atoms with E-state index < -0.39 is 0 Å². The lowest BCUT2D eigenvalue weighted by Crippen LogP contribution is -2.35. The molecule has 0 bridgehead atoms. The number of ether oxygens (including phenoxy) is 1. The lowest BCUT2D eigenvalue weighted by molar-refractivity contribution is 0.148. The Morgan fingerprint density at radius 3 is 2.88 bits per heavy atom. The number of hydrogen-bond acceptors (Lipinski definition) is 5. The monoisotopic (exact) mass is 354 g/mol. The number of hydrogen-bond donors (Lipinski definition) is 1.